The van der Waals surface area contributed by atoms with Crippen LogP contribution in [0, 0.1) is 11.6 Å². The molecule has 0 saturated heterocycles. The van der Waals surface area contributed by atoms with Gasteiger partial charge in [0.05, 0.1) is 5.97 Å². The molecule has 1 atom stereocenters. The number of halogens is 2. The number of carboxylic acids is 1. The first kappa shape index (κ1) is 22.5. The van der Waals surface area contributed by atoms with Gasteiger partial charge in [0.25, 0.3) is 0 Å². The van der Waals surface area contributed by atoms with Crippen molar-refractivity contribution in [3.63, 3.8) is 0 Å². The normalized spacial score (nSPS) is 12.6. The van der Waals surface area contributed by atoms with Gasteiger partial charge >= 0.3 is 29.6 Å². The van der Waals surface area contributed by atoms with Crippen LogP contribution in [-0.2, 0) is 4.79 Å². The zero-order valence-corrected chi connectivity index (χ0v) is 17.1. The van der Waals surface area contributed by atoms with E-state index in [-0.39, 0.29) is 41.5 Å². The smallest absolute Gasteiger partial charge is 0.548 e. The fourth-order valence-corrected chi connectivity index (χ4v) is 2.48. The van der Waals surface area contributed by atoms with E-state index in [0.717, 1.165) is 17.7 Å². The first-order valence-electron chi connectivity index (χ1n) is 8.02. The second kappa shape index (κ2) is 9.97. The number of hydrogen-bond acceptors (Lipinski definition) is 3. The second-order valence-corrected chi connectivity index (χ2v) is 6.18. The number of carbonyl (C=O) groups is 1. The maximum atomic E-state index is 14.2. The van der Waals surface area contributed by atoms with Crippen molar-refractivity contribution >= 4 is 11.5 Å². The van der Waals surface area contributed by atoms with Crippen molar-refractivity contribution in [3.8, 4) is 0 Å². The number of rotatable bonds is 6. The van der Waals surface area contributed by atoms with Gasteiger partial charge in [0.1, 0.15) is 11.6 Å². The first-order valence-corrected chi connectivity index (χ1v) is 8.02. The van der Waals surface area contributed by atoms with Crippen LogP contribution in [0.3, 0.4) is 0 Å². The van der Waals surface area contributed by atoms with E-state index in [2.05, 4.69) is 13.8 Å². The number of carbonyl (C=O) groups excluding carboxylic acids is 1. The summed E-state index contributed by atoms with van der Waals surface area (Å²) in [6.45, 7) is 4.12. The Morgan fingerprint density at radius 2 is 1.77 bits per heavy atom. The van der Waals surface area contributed by atoms with E-state index in [1.54, 1.807) is 6.08 Å². The van der Waals surface area contributed by atoms with E-state index in [1.807, 2.05) is 24.3 Å². The fraction of sp³-hybridized carbons (Fsp3) is 0.250. The van der Waals surface area contributed by atoms with E-state index in [1.165, 1.54) is 6.07 Å². The summed E-state index contributed by atoms with van der Waals surface area (Å²) in [7, 11) is 0. The molecule has 0 aliphatic heterocycles. The molecule has 132 valence electrons. The number of aliphatic carboxylic acids is 1. The number of hydrogen-bond donors (Lipinski definition) is 1. The minimum absolute atomic E-state index is 0. The average Bonchev–Trinajstić information content (AvgIpc) is 2.56. The molecule has 6 heteroatoms. The Kier molecular flexibility index (Phi) is 8.63. The number of carboxylic acid groups (broad SMARTS) is 1. The standard InChI is InChI=1S/C20H21F2NO2.Na/c1-12(2)13-3-5-14(6-4-13)16(9-10-19(23)20(24)25)17-8-7-15(21)11-18(17)22;/h3-9,11-12,19H,10,23H2,1-2H3,(H,24,25);/q;+1/p-1/b16-9-;. The molecule has 2 aromatic carbocycles. The Morgan fingerprint density at radius 3 is 2.27 bits per heavy atom. The largest absolute Gasteiger partial charge is 1.00 e. The second-order valence-electron chi connectivity index (χ2n) is 6.18. The maximum Gasteiger partial charge on any atom is 1.00 e. The van der Waals surface area contributed by atoms with Crippen molar-refractivity contribution in [1.82, 2.24) is 0 Å². The third-order valence-corrected chi connectivity index (χ3v) is 3.99. The predicted molar refractivity (Wildman–Crippen MR) is 91.6 cm³/mol. The minimum Gasteiger partial charge on any atom is -0.548 e. The van der Waals surface area contributed by atoms with Crippen LogP contribution in [0.25, 0.3) is 5.57 Å². The van der Waals surface area contributed by atoms with Crippen LogP contribution in [0.5, 0.6) is 0 Å². The monoisotopic (exact) mass is 367 g/mol. The molecule has 2 rings (SSSR count). The molecule has 0 spiro atoms. The molecule has 0 saturated carbocycles. The van der Waals surface area contributed by atoms with Gasteiger partial charge in [-0.25, -0.2) is 8.78 Å². The van der Waals surface area contributed by atoms with Crippen molar-refractivity contribution in [1.29, 1.82) is 0 Å². The summed E-state index contributed by atoms with van der Waals surface area (Å²) < 4.78 is 27.4. The van der Waals surface area contributed by atoms with Gasteiger partial charge in [-0.15, -0.1) is 0 Å². The molecule has 0 aromatic heterocycles. The van der Waals surface area contributed by atoms with Crippen LogP contribution < -0.4 is 40.4 Å². The van der Waals surface area contributed by atoms with Crippen molar-refractivity contribution in [3.05, 3.63) is 76.9 Å². The van der Waals surface area contributed by atoms with Crippen LogP contribution in [0.1, 0.15) is 42.9 Å². The summed E-state index contributed by atoms with van der Waals surface area (Å²) in [5.41, 5.74) is 7.95. The Morgan fingerprint density at radius 1 is 1.15 bits per heavy atom. The number of benzene rings is 2. The van der Waals surface area contributed by atoms with E-state index >= 15 is 0 Å². The van der Waals surface area contributed by atoms with Crippen LogP contribution in [-0.4, -0.2) is 12.0 Å². The quantitative estimate of drug-likeness (QED) is 0.731. The maximum absolute atomic E-state index is 14.2. The SMILES string of the molecule is CC(C)c1ccc(/C(=C/CC(N)C(=O)[O-])c2ccc(F)cc2F)cc1.[Na+]. The van der Waals surface area contributed by atoms with Gasteiger partial charge in [-0.3, -0.25) is 0 Å². The third-order valence-electron chi connectivity index (χ3n) is 3.99. The predicted octanol–water partition coefficient (Wildman–Crippen LogP) is -0.00880. The summed E-state index contributed by atoms with van der Waals surface area (Å²) in [6, 6.07) is 9.59. The van der Waals surface area contributed by atoms with E-state index in [0.29, 0.717) is 17.1 Å². The van der Waals surface area contributed by atoms with Crippen molar-refractivity contribution < 1.29 is 48.2 Å². The molecule has 0 fully saturated rings. The van der Waals surface area contributed by atoms with Gasteiger partial charge in [0, 0.05) is 17.7 Å². The van der Waals surface area contributed by atoms with E-state index in [9.17, 15) is 18.7 Å². The molecular formula is C20H20F2NNaO2. The summed E-state index contributed by atoms with van der Waals surface area (Å²) >= 11 is 0. The Balaban J connectivity index is 0.00000338. The summed E-state index contributed by atoms with van der Waals surface area (Å²) in [5.74, 6) is -2.44. The number of nitrogens with two attached hydrogens (primary N) is 1. The van der Waals surface area contributed by atoms with Gasteiger partial charge in [0.15, 0.2) is 0 Å². The first-order chi connectivity index (χ1) is 11.8. The molecule has 2 aromatic rings. The summed E-state index contributed by atoms with van der Waals surface area (Å²) in [6.07, 6.45) is 1.52. The molecule has 0 radical (unpaired) electrons. The fourth-order valence-electron chi connectivity index (χ4n) is 2.48. The molecule has 0 bridgehead atoms. The third kappa shape index (κ3) is 5.74. The van der Waals surface area contributed by atoms with Gasteiger partial charge in [-0.1, -0.05) is 44.2 Å². The summed E-state index contributed by atoms with van der Waals surface area (Å²) in [5, 5.41) is 10.8. The van der Waals surface area contributed by atoms with Gasteiger partial charge < -0.3 is 15.6 Å². The molecule has 3 nitrogen and oxygen atoms in total. The Hall–Kier alpha value is -1.53. The Bertz CT molecular complexity index is 789. The summed E-state index contributed by atoms with van der Waals surface area (Å²) in [4.78, 5) is 10.8. The molecule has 0 amide bonds. The van der Waals surface area contributed by atoms with Crippen LogP contribution in [0.15, 0.2) is 48.5 Å². The zero-order valence-electron chi connectivity index (χ0n) is 15.1. The van der Waals surface area contributed by atoms with Gasteiger partial charge in [0.2, 0.25) is 0 Å². The molecule has 1 unspecified atom stereocenters. The minimum atomic E-state index is -1.38. The van der Waals surface area contributed by atoms with Crippen LogP contribution in [0.4, 0.5) is 8.78 Å². The van der Waals surface area contributed by atoms with Crippen molar-refractivity contribution in [2.45, 2.75) is 32.2 Å². The Labute approximate surface area is 174 Å². The van der Waals surface area contributed by atoms with E-state index < -0.39 is 23.6 Å². The molecular weight excluding hydrogens is 347 g/mol. The van der Waals surface area contributed by atoms with Crippen molar-refractivity contribution in [2.24, 2.45) is 5.73 Å². The van der Waals surface area contributed by atoms with Crippen molar-refractivity contribution in [2.75, 3.05) is 0 Å². The van der Waals surface area contributed by atoms with Crippen LogP contribution >= 0.6 is 0 Å². The van der Waals surface area contributed by atoms with Crippen LogP contribution in [0.2, 0.25) is 0 Å². The van der Waals surface area contributed by atoms with Gasteiger partial charge in [-0.2, -0.15) is 0 Å². The average molecular weight is 367 g/mol. The zero-order chi connectivity index (χ0) is 18.6. The van der Waals surface area contributed by atoms with Gasteiger partial charge in [-0.05, 0) is 41.2 Å². The molecule has 2 N–H and O–H groups in total. The molecule has 26 heavy (non-hydrogen) atoms. The molecule has 0 aliphatic rings. The molecule has 0 aliphatic carbocycles. The topological polar surface area (TPSA) is 66.2 Å². The van der Waals surface area contributed by atoms with E-state index in [4.69, 9.17) is 5.73 Å². The molecule has 0 heterocycles.